The van der Waals surface area contributed by atoms with Crippen LogP contribution in [0.25, 0.3) is 0 Å². The third kappa shape index (κ3) is 3.65. The monoisotopic (exact) mass is 302 g/mol. The van der Waals surface area contributed by atoms with Crippen molar-refractivity contribution in [2.45, 2.75) is 19.4 Å². The van der Waals surface area contributed by atoms with Gasteiger partial charge in [-0.25, -0.2) is 0 Å². The van der Waals surface area contributed by atoms with Gasteiger partial charge in [-0.15, -0.1) is 0 Å². The van der Waals surface area contributed by atoms with Crippen molar-refractivity contribution in [3.63, 3.8) is 0 Å². The van der Waals surface area contributed by atoms with E-state index in [0.29, 0.717) is 38.6 Å². The van der Waals surface area contributed by atoms with E-state index in [1.165, 1.54) is 0 Å². The highest BCUT2D eigenvalue weighted by molar-refractivity contribution is 5.86. The van der Waals surface area contributed by atoms with Crippen LogP contribution in [0.2, 0.25) is 0 Å². The Balaban J connectivity index is 1.51. The molecule has 5 nitrogen and oxygen atoms in total. The number of carbonyl (C=O) groups is 2. The second-order valence-corrected chi connectivity index (χ2v) is 6.05. The number of hydrogen-bond acceptors (Lipinski definition) is 3. The van der Waals surface area contributed by atoms with Crippen molar-refractivity contribution in [1.29, 1.82) is 0 Å². The molecule has 5 heteroatoms. The molecule has 0 aromatic heterocycles. The predicted molar refractivity (Wildman–Crippen MR) is 82.0 cm³/mol. The average Bonchev–Trinajstić information content (AvgIpc) is 3.03. The Labute approximate surface area is 130 Å². The Morgan fingerprint density at radius 1 is 1.23 bits per heavy atom. The third-order valence-corrected chi connectivity index (χ3v) is 4.37. The van der Waals surface area contributed by atoms with Crippen molar-refractivity contribution < 1.29 is 14.3 Å². The van der Waals surface area contributed by atoms with Gasteiger partial charge in [0.15, 0.2) is 0 Å². The standard InChI is InChI=1S/C17H22N2O3/c20-16(10-15-6-9-22-13-15)19-8-7-18(17(21)12-19)11-14-4-2-1-3-5-14/h1-5,15H,6-13H2/t15-/m0/s1. The maximum Gasteiger partial charge on any atom is 0.242 e. The SMILES string of the molecule is O=C(C[C@@H]1CCOC1)N1CCN(Cc2ccccc2)C(=O)C1. The van der Waals surface area contributed by atoms with Gasteiger partial charge in [-0.3, -0.25) is 9.59 Å². The van der Waals surface area contributed by atoms with Crippen LogP contribution < -0.4 is 0 Å². The number of amides is 2. The summed E-state index contributed by atoms with van der Waals surface area (Å²) in [5.74, 6) is 0.444. The van der Waals surface area contributed by atoms with E-state index in [-0.39, 0.29) is 18.4 Å². The number of rotatable bonds is 4. The molecule has 0 bridgehead atoms. The zero-order chi connectivity index (χ0) is 15.4. The van der Waals surface area contributed by atoms with Crippen LogP contribution in [0.15, 0.2) is 30.3 Å². The Hall–Kier alpha value is -1.88. The Morgan fingerprint density at radius 2 is 2.05 bits per heavy atom. The lowest BCUT2D eigenvalue weighted by molar-refractivity contribution is -0.146. The highest BCUT2D eigenvalue weighted by Gasteiger charge is 2.29. The van der Waals surface area contributed by atoms with Crippen LogP contribution in [0, 0.1) is 5.92 Å². The van der Waals surface area contributed by atoms with E-state index in [4.69, 9.17) is 4.74 Å². The Bertz CT molecular complexity index is 526. The van der Waals surface area contributed by atoms with E-state index >= 15 is 0 Å². The molecule has 0 aliphatic carbocycles. The Kier molecular flexibility index (Phi) is 4.73. The largest absolute Gasteiger partial charge is 0.381 e. The quantitative estimate of drug-likeness (QED) is 0.842. The average molecular weight is 302 g/mol. The van der Waals surface area contributed by atoms with Gasteiger partial charge in [-0.2, -0.15) is 0 Å². The van der Waals surface area contributed by atoms with Crippen molar-refractivity contribution in [3.05, 3.63) is 35.9 Å². The van der Waals surface area contributed by atoms with Gasteiger partial charge in [-0.05, 0) is 17.9 Å². The molecule has 0 unspecified atom stereocenters. The van der Waals surface area contributed by atoms with E-state index in [0.717, 1.165) is 18.6 Å². The molecule has 2 heterocycles. The van der Waals surface area contributed by atoms with Gasteiger partial charge >= 0.3 is 0 Å². The molecular formula is C17H22N2O3. The van der Waals surface area contributed by atoms with E-state index in [1.807, 2.05) is 35.2 Å². The summed E-state index contributed by atoms with van der Waals surface area (Å²) in [6.07, 6.45) is 1.46. The number of carbonyl (C=O) groups excluding carboxylic acids is 2. The van der Waals surface area contributed by atoms with Crippen LogP contribution in [-0.2, 0) is 20.9 Å². The first-order chi connectivity index (χ1) is 10.7. The summed E-state index contributed by atoms with van der Waals surface area (Å²) in [5, 5.41) is 0. The molecule has 1 aromatic carbocycles. The summed E-state index contributed by atoms with van der Waals surface area (Å²) >= 11 is 0. The number of piperazine rings is 1. The van der Waals surface area contributed by atoms with E-state index in [1.54, 1.807) is 4.90 Å². The molecule has 0 N–H and O–H groups in total. The zero-order valence-corrected chi connectivity index (χ0v) is 12.7. The van der Waals surface area contributed by atoms with E-state index in [9.17, 15) is 9.59 Å². The minimum Gasteiger partial charge on any atom is -0.381 e. The van der Waals surface area contributed by atoms with Gasteiger partial charge in [0.2, 0.25) is 11.8 Å². The fourth-order valence-electron chi connectivity index (χ4n) is 3.01. The van der Waals surface area contributed by atoms with Crippen molar-refractivity contribution >= 4 is 11.8 Å². The van der Waals surface area contributed by atoms with Gasteiger partial charge in [0, 0.05) is 39.3 Å². The summed E-state index contributed by atoms with van der Waals surface area (Å²) in [6, 6.07) is 9.96. The van der Waals surface area contributed by atoms with Crippen LogP contribution in [0.1, 0.15) is 18.4 Å². The fourth-order valence-corrected chi connectivity index (χ4v) is 3.01. The summed E-state index contributed by atoms with van der Waals surface area (Å²) in [7, 11) is 0. The summed E-state index contributed by atoms with van der Waals surface area (Å²) < 4.78 is 5.30. The normalized spacial score (nSPS) is 22.2. The summed E-state index contributed by atoms with van der Waals surface area (Å²) in [4.78, 5) is 28.1. The van der Waals surface area contributed by atoms with Gasteiger partial charge < -0.3 is 14.5 Å². The lowest BCUT2D eigenvalue weighted by Crippen LogP contribution is -2.52. The van der Waals surface area contributed by atoms with Crippen molar-refractivity contribution in [2.75, 3.05) is 32.8 Å². The molecule has 22 heavy (non-hydrogen) atoms. The Morgan fingerprint density at radius 3 is 2.73 bits per heavy atom. The molecule has 3 rings (SSSR count). The minimum atomic E-state index is 0.0334. The summed E-state index contributed by atoms with van der Waals surface area (Å²) in [6.45, 7) is 3.50. The second-order valence-electron chi connectivity index (χ2n) is 6.05. The van der Waals surface area contributed by atoms with Crippen molar-refractivity contribution in [2.24, 2.45) is 5.92 Å². The molecule has 2 fully saturated rings. The molecule has 1 atom stereocenters. The predicted octanol–water partition coefficient (Wildman–Crippen LogP) is 1.28. The van der Waals surface area contributed by atoms with Crippen molar-refractivity contribution in [1.82, 2.24) is 9.80 Å². The zero-order valence-electron chi connectivity index (χ0n) is 12.7. The molecule has 2 aliphatic heterocycles. The highest BCUT2D eigenvalue weighted by Crippen LogP contribution is 2.18. The van der Waals surface area contributed by atoms with Crippen LogP contribution >= 0.6 is 0 Å². The molecule has 0 spiro atoms. The second kappa shape index (κ2) is 6.92. The first kappa shape index (κ1) is 15.0. The molecule has 118 valence electrons. The van der Waals surface area contributed by atoms with Gasteiger partial charge in [0.05, 0.1) is 6.54 Å². The van der Waals surface area contributed by atoms with Crippen LogP contribution in [0.5, 0.6) is 0 Å². The summed E-state index contributed by atoms with van der Waals surface area (Å²) in [5.41, 5.74) is 1.12. The minimum absolute atomic E-state index is 0.0334. The number of nitrogens with zero attached hydrogens (tertiary/aromatic N) is 2. The molecule has 2 saturated heterocycles. The first-order valence-electron chi connectivity index (χ1n) is 7.89. The first-order valence-corrected chi connectivity index (χ1v) is 7.89. The molecule has 2 amide bonds. The number of hydrogen-bond donors (Lipinski definition) is 0. The topological polar surface area (TPSA) is 49.9 Å². The molecule has 0 saturated carbocycles. The molecular weight excluding hydrogens is 280 g/mol. The third-order valence-electron chi connectivity index (χ3n) is 4.37. The highest BCUT2D eigenvalue weighted by atomic mass is 16.5. The lowest BCUT2D eigenvalue weighted by atomic mass is 10.0. The van der Waals surface area contributed by atoms with E-state index in [2.05, 4.69) is 0 Å². The van der Waals surface area contributed by atoms with E-state index < -0.39 is 0 Å². The maximum atomic E-state index is 12.3. The smallest absolute Gasteiger partial charge is 0.242 e. The van der Waals surface area contributed by atoms with Gasteiger partial charge in [0.1, 0.15) is 0 Å². The number of benzene rings is 1. The van der Waals surface area contributed by atoms with Crippen molar-refractivity contribution in [3.8, 4) is 0 Å². The fraction of sp³-hybridized carbons (Fsp3) is 0.529. The maximum absolute atomic E-state index is 12.3. The van der Waals surface area contributed by atoms with Crippen LogP contribution in [0.4, 0.5) is 0 Å². The lowest BCUT2D eigenvalue weighted by Gasteiger charge is -2.34. The molecule has 1 aromatic rings. The molecule has 0 radical (unpaired) electrons. The van der Waals surface area contributed by atoms with Crippen LogP contribution in [-0.4, -0.2) is 54.5 Å². The number of ether oxygens (including phenoxy) is 1. The van der Waals surface area contributed by atoms with Gasteiger partial charge in [-0.1, -0.05) is 30.3 Å². The van der Waals surface area contributed by atoms with Gasteiger partial charge in [0.25, 0.3) is 0 Å². The molecule has 2 aliphatic rings. The van der Waals surface area contributed by atoms with Crippen LogP contribution in [0.3, 0.4) is 0 Å².